The van der Waals surface area contributed by atoms with Gasteiger partial charge in [-0.2, -0.15) is 0 Å². The number of fused-ring (bicyclic) bond motifs is 1. The van der Waals surface area contributed by atoms with E-state index in [-0.39, 0.29) is 5.82 Å². The normalized spacial score (nSPS) is 30.2. The summed E-state index contributed by atoms with van der Waals surface area (Å²) in [7, 11) is 3.62. The van der Waals surface area contributed by atoms with Crippen molar-refractivity contribution in [1.82, 2.24) is 0 Å². The zero-order chi connectivity index (χ0) is 18.8. The van der Waals surface area contributed by atoms with Gasteiger partial charge in [0.05, 0.1) is 22.9 Å². The number of rotatable bonds is 4. The Morgan fingerprint density at radius 3 is 2.00 bits per heavy atom. The summed E-state index contributed by atoms with van der Waals surface area (Å²) in [5, 5.41) is 1.74. The molecule has 144 valence electrons. The summed E-state index contributed by atoms with van der Waals surface area (Å²) in [5.41, 5.74) is 2.74. The van der Waals surface area contributed by atoms with E-state index in [4.69, 9.17) is 9.47 Å². The summed E-state index contributed by atoms with van der Waals surface area (Å²) >= 11 is 0. The Hall–Kier alpha value is -1.81. The number of methoxy groups -OCH3 is 2. The van der Waals surface area contributed by atoms with E-state index in [1.54, 1.807) is 7.11 Å². The Balaban J connectivity index is 1.73. The molecule has 0 saturated heterocycles. The molecule has 0 spiro atoms. The molecule has 0 radical (unpaired) electrons. The van der Waals surface area contributed by atoms with Crippen molar-refractivity contribution < 1.29 is 14.3 Å². The van der Waals surface area contributed by atoms with Crippen LogP contribution in [-0.2, 0) is 14.3 Å². The van der Waals surface area contributed by atoms with Crippen LogP contribution in [0.2, 0.25) is 0 Å². The molecule has 0 aromatic heterocycles. The number of benzene rings is 1. The molecule has 0 amide bonds. The zero-order valence-electron chi connectivity index (χ0n) is 16.2. The van der Waals surface area contributed by atoms with Crippen molar-refractivity contribution >= 4 is 5.94 Å². The SMILES string of the molecule is COC1CCC(c2ccc3c(c2C2CCC(OC)CC2)=NC(=C=O)N=3)CC1. The molecule has 0 N–H and O–H groups in total. The van der Waals surface area contributed by atoms with Gasteiger partial charge in [-0.3, -0.25) is 0 Å². The van der Waals surface area contributed by atoms with E-state index in [1.807, 2.05) is 19.1 Å². The predicted molar refractivity (Wildman–Crippen MR) is 102 cm³/mol. The van der Waals surface area contributed by atoms with Crippen LogP contribution in [0.25, 0.3) is 0 Å². The number of ether oxygens (including phenoxy) is 2. The molecule has 1 aromatic carbocycles. The van der Waals surface area contributed by atoms with E-state index in [1.165, 1.54) is 11.1 Å². The lowest BCUT2D eigenvalue weighted by Gasteiger charge is -2.33. The lowest BCUT2D eigenvalue weighted by Crippen LogP contribution is -2.33. The highest BCUT2D eigenvalue weighted by atomic mass is 16.5. The quantitative estimate of drug-likeness (QED) is 0.768. The van der Waals surface area contributed by atoms with E-state index in [9.17, 15) is 4.79 Å². The smallest absolute Gasteiger partial charge is 0.240 e. The van der Waals surface area contributed by atoms with Crippen molar-refractivity contribution in [3.05, 3.63) is 39.8 Å². The van der Waals surface area contributed by atoms with Crippen LogP contribution in [0.1, 0.15) is 74.3 Å². The van der Waals surface area contributed by atoms with E-state index in [0.29, 0.717) is 24.0 Å². The second-order valence-electron chi connectivity index (χ2n) is 8.00. The summed E-state index contributed by atoms with van der Waals surface area (Å²) in [6.07, 6.45) is 9.62. The lowest BCUT2D eigenvalue weighted by molar-refractivity contribution is 0.0636. The van der Waals surface area contributed by atoms with Crippen molar-refractivity contribution in [2.45, 2.75) is 75.4 Å². The van der Waals surface area contributed by atoms with Gasteiger partial charge in [-0.1, -0.05) is 6.07 Å². The largest absolute Gasteiger partial charge is 0.381 e. The fourth-order valence-electron chi connectivity index (χ4n) is 5.09. The lowest BCUT2D eigenvalue weighted by atomic mass is 9.74. The second kappa shape index (κ2) is 8.05. The molecule has 5 heteroatoms. The summed E-state index contributed by atoms with van der Waals surface area (Å²) in [6, 6.07) is 4.27. The molecule has 2 saturated carbocycles. The minimum atomic E-state index is 0.178. The van der Waals surface area contributed by atoms with Gasteiger partial charge >= 0.3 is 0 Å². The van der Waals surface area contributed by atoms with Gasteiger partial charge in [0.1, 0.15) is 0 Å². The molecule has 0 unspecified atom stereocenters. The van der Waals surface area contributed by atoms with E-state index in [2.05, 4.69) is 16.1 Å². The van der Waals surface area contributed by atoms with Crippen molar-refractivity contribution in [3.63, 3.8) is 0 Å². The van der Waals surface area contributed by atoms with E-state index < -0.39 is 0 Å². The van der Waals surface area contributed by atoms with E-state index in [0.717, 1.165) is 62.1 Å². The van der Waals surface area contributed by atoms with Crippen molar-refractivity contribution in [2.75, 3.05) is 14.2 Å². The Morgan fingerprint density at radius 2 is 1.44 bits per heavy atom. The highest BCUT2D eigenvalue weighted by molar-refractivity contribution is 5.52. The second-order valence-corrected chi connectivity index (χ2v) is 8.00. The molecule has 2 aliphatic carbocycles. The van der Waals surface area contributed by atoms with Crippen LogP contribution in [0, 0.1) is 0 Å². The van der Waals surface area contributed by atoms with Gasteiger partial charge in [-0.15, -0.1) is 0 Å². The fraction of sp³-hybridized carbons (Fsp3) is 0.636. The fourth-order valence-corrected chi connectivity index (χ4v) is 5.09. The van der Waals surface area contributed by atoms with Gasteiger partial charge in [-0.05, 0) is 80.4 Å². The molecule has 1 heterocycles. The van der Waals surface area contributed by atoms with Crippen molar-refractivity contribution in [1.29, 1.82) is 0 Å². The summed E-state index contributed by atoms with van der Waals surface area (Å²) in [5.74, 6) is 3.05. The van der Waals surface area contributed by atoms with Crippen molar-refractivity contribution in [2.24, 2.45) is 9.98 Å². The first-order valence-corrected chi connectivity index (χ1v) is 10.1. The van der Waals surface area contributed by atoms with Gasteiger partial charge in [-0.25, -0.2) is 14.8 Å². The van der Waals surface area contributed by atoms with Gasteiger partial charge in [0, 0.05) is 14.2 Å². The number of carbonyl (C=O) groups excluding carboxylic acids is 1. The predicted octanol–water partition coefficient (Wildman–Crippen LogP) is 2.96. The maximum absolute atomic E-state index is 11.1. The molecule has 5 nitrogen and oxygen atoms in total. The highest BCUT2D eigenvalue weighted by Crippen LogP contribution is 2.40. The molecule has 4 rings (SSSR count). The number of nitrogens with zero attached hydrogens (tertiary/aromatic N) is 2. The van der Waals surface area contributed by atoms with Crippen LogP contribution in [0.4, 0.5) is 0 Å². The Labute approximate surface area is 160 Å². The highest BCUT2D eigenvalue weighted by Gasteiger charge is 2.30. The minimum Gasteiger partial charge on any atom is -0.381 e. The maximum atomic E-state index is 11.1. The van der Waals surface area contributed by atoms with Crippen molar-refractivity contribution in [3.8, 4) is 0 Å². The van der Waals surface area contributed by atoms with Gasteiger partial charge < -0.3 is 9.47 Å². The number of hydrogen-bond acceptors (Lipinski definition) is 5. The summed E-state index contributed by atoms with van der Waals surface area (Å²) < 4.78 is 11.1. The number of hydrogen-bond donors (Lipinski definition) is 0. The molecule has 3 aliphatic rings. The zero-order valence-corrected chi connectivity index (χ0v) is 16.2. The molecule has 27 heavy (non-hydrogen) atoms. The summed E-state index contributed by atoms with van der Waals surface area (Å²) in [6.45, 7) is 0. The average Bonchev–Trinajstić information content (AvgIpc) is 3.16. The summed E-state index contributed by atoms with van der Waals surface area (Å²) in [4.78, 5) is 20.0. The van der Waals surface area contributed by atoms with Crippen LogP contribution < -0.4 is 10.7 Å². The Bertz CT molecular complexity index is 856. The minimum absolute atomic E-state index is 0.178. The standard InChI is InChI=1S/C22H28N2O3/c1-26-16-7-3-14(4-8-16)18-11-12-19-22(24-20(13-25)23-19)21(18)15-5-9-17(27-2)10-6-15/h11-12,14-17H,3-10H2,1-2H3. The Morgan fingerprint density at radius 1 is 0.852 bits per heavy atom. The van der Waals surface area contributed by atoms with Crippen LogP contribution in [0.3, 0.4) is 0 Å². The maximum Gasteiger partial charge on any atom is 0.240 e. The molecule has 1 aliphatic heterocycles. The Kier molecular flexibility index (Phi) is 5.53. The third kappa shape index (κ3) is 3.64. The van der Waals surface area contributed by atoms with Gasteiger partial charge in [0.15, 0.2) is 5.94 Å². The first-order chi connectivity index (χ1) is 13.2. The van der Waals surface area contributed by atoms with Crippen LogP contribution in [0.15, 0.2) is 27.9 Å². The molecule has 2 fully saturated rings. The van der Waals surface area contributed by atoms with Gasteiger partial charge in [0.25, 0.3) is 0 Å². The third-order valence-electron chi connectivity index (χ3n) is 6.63. The van der Waals surface area contributed by atoms with Crippen LogP contribution >= 0.6 is 0 Å². The molecule has 1 aromatic rings. The molecular weight excluding hydrogens is 340 g/mol. The van der Waals surface area contributed by atoms with E-state index >= 15 is 0 Å². The topological polar surface area (TPSA) is 60.2 Å². The van der Waals surface area contributed by atoms with Crippen LogP contribution in [0.5, 0.6) is 0 Å². The first kappa shape index (κ1) is 18.5. The molecular formula is C22H28N2O3. The third-order valence-corrected chi connectivity index (χ3v) is 6.63. The molecule has 0 atom stereocenters. The first-order valence-electron chi connectivity index (χ1n) is 10.1. The molecule has 0 bridgehead atoms. The van der Waals surface area contributed by atoms with Crippen LogP contribution in [-0.4, -0.2) is 32.4 Å². The van der Waals surface area contributed by atoms with Gasteiger partial charge in [0.2, 0.25) is 5.82 Å². The average molecular weight is 368 g/mol. The monoisotopic (exact) mass is 368 g/mol.